The first-order valence-corrected chi connectivity index (χ1v) is 4.81. The van der Waals surface area contributed by atoms with Gasteiger partial charge < -0.3 is 15.2 Å². The lowest BCUT2D eigenvalue weighted by Gasteiger charge is -2.19. The normalized spacial score (nSPS) is 14.0. The van der Waals surface area contributed by atoms with E-state index in [9.17, 15) is 9.18 Å². The highest BCUT2D eigenvalue weighted by Gasteiger charge is 2.23. The van der Waals surface area contributed by atoms with Crippen LogP contribution in [0.3, 0.4) is 0 Å². The fraction of sp³-hybridized carbons (Fsp3) is 0.364. The summed E-state index contributed by atoms with van der Waals surface area (Å²) < 4.78 is 22.9. The molecule has 1 aromatic carbocycles. The predicted molar refractivity (Wildman–Crippen MR) is 56.5 cm³/mol. The SMILES string of the molecule is COC(=O)[C@H](N)[C@H](C)Oc1ccccc1F. The van der Waals surface area contributed by atoms with Crippen LogP contribution in [0.2, 0.25) is 0 Å². The van der Waals surface area contributed by atoms with E-state index in [1.807, 2.05) is 0 Å². The fourth-order valence-corrected chi connectivity index (χ4v) is 1.14. The maximum atomic E-state index is 13.2. The summed E-state index contributed by atoms with van der Waals surface area (Å²) >= 11 is 0. The van der Waals surface area contributed by atoms with E-state index in [0.29, 0.717) is 0 Å². The van der Waals surface area contributed by atoms with Crippen LogP contribution in [0, 0.1) is 5.82 Å². The zero-order valence-corrected chi connectivity index (χ0v) is 9.14. The zero-order valence-electron chi connectivity index (χ0n) is 9.14. The standard InChI is InChI=1S/C11H14FNO3/c1-7(10(13)11(14)15-2)16-9-6-4-3-5-8(9)12/h3-7,10H,13H2,1-2H3/t7-,10+/m0/s1. The van der Waals surface area contributed by atoms with Gasteiger partial charge in [-0.05, 0) is 19.1 Å². The molecule has 16 heavy (non-hydrogen) atoms. The zero-order chi connectivity index (χ0) is 12.1. The summed E-state index contributed by atoms with van der Waals surface area (Å²) in [6, 6.07) is 4.98. The molecule has 2 N–H and O–H groups in total. The number of esters is 1. The molecule has 0 bridgehead atoms. The highest BCUT2D eigenvalue weighted by molar-refractivity contribution is 5.76. The van der Waals surface area contributed by atoms with E-state index < -0.39 is 23.9 Å². The number of hydrogen-bond acceptors (Lipinski definition) is 4. The maximum absolute atomic E-state index is 13.2. The van der Waals surface area contributed by atoms with Crippen LogP contribution in [0.25, 0.3) is 0 Å². The van der Waals surface area contributed by atoms with Crippen molar-refractivity contribution < 1.29 is 18.7 Å². The Balaban J connectivity index is 2.68. The Hall–Kier alpha value is -1.62. The second-order valence-corrected chi connectivity index (χ2v) is 3.30. The van der Waals surface area contributed by atoms with Crippen LogP contribution in [-0.4, -0.2) is 25.2 Å². The largest absolute Gasteiger partial charge is 0.485 e. The Morgan fingerprint density at radius 2 is 2.06 bits per heavy atom. The van der Waals surface area contributed by atoms with Crippen LogP contribution >= 0.6 is 0 Å². The second-order valence-electron chi connectivity index (χ2n) is 3.30. The number of methoxy groups -OCH3 is 1. The summed E-state index contributed by atoms with van der Waals surface area (Å²) in [7, 11) is 1.23. The van der Waals surface area contributed by atoms with Gasteiger partial charge in [-0.3, -0.25) is 4.79 Å². The first kappa shape index (κ1) is 12.4. The Bertz CT molecular complexity index is 370. The van der Waals surface area contributed by atoms with E-state index in [0.717, 1.165) is 0 Å². The summed E-state index contributed by atoms with van der Waals surface area (Å²) in [5.74, 6) is -1.02. The van der Waals surface area contributed by atoms with Crippen molar-refractivity contribution in [1.29, 1.82) is 0 Å². The Morgan fingerprint density at radius 1 is 1.44 bits per heavy atom. The van der Waals surface area contributed by atoms with E-state index in [1.54, 1.807) is 19.1 Å². The highest BCUT2D eigenvalue weighted by Crippen LogP contribution is 2.17. The minimum absolute atomic E-state index is 0.0642. The molecule has 0 saturated heterocycles. The van der Waals surface area contributed by atoms with Gasteiger partial charge in [0.1, 0.15) is 12.1 Å². The molecule has 0 aromatic heterocycles. The molecule has 0 saturated carbocycles. The van der Waals surface area contributed by atoms with Gasteiger partial charge in [-0.25, -0.2) is 4.39 Å². The molecule has 4 nitrogen and oxygen atoms in total. The number of carbonyl (C=O) groups is 1. The van der Waals surface area contributed by atoms with Gasteiger partial charge in [0.2, 0.25) is 0 Å². The van der Waals surface area contributed by atoms with Crippen molar-refractivity contribution in [3.8, 4) is 5.75 Å². The van der Waals surface area contributed by atoms with E-state index in [2.05, 4.69) is 4.74 Å². The monoisotopic (exact) mass is 227 g/mol. The number of hydrogen-bond donors (Lipinski definition) is 1. The van der Waals surface area contributed by atoms with Crippen LogP contribution in [0.4, 0.5) is 4.39 Å². The second kappa shape index (κ2) is 5.46. The lowest BCUT2D eigenvalue weighted by Crippen LogP contribution is -2.44. The van der Waals surface area contributed by atoms with E-state index >= 15 is 0 Å². The predicted octanol–water partition coefficient (Wildman–Crippen LogP) is 1.09. The quantitative estimate of drug-likeness (QED) is 0.782. The van der Waals surface area contributed by atoms with Crippen LogP contribution in [0.15, 0.2) is 24.3 Å². The number of ether oxygens (including phenoxy) is 2. The van der Waals surface area contributed by atoms with Gasteiger partial charge in [-0.15, -0.1) is 0 Å². The number of para-hydroxylation sites is 1. The lowest BCUT2D eigenvalue weighted by atomic mass is 10.2. The Kier molecular flexibility index (Phi) is 4.25. The molecule has 0 aliphatic heterocycles. The van der Waals surface area contributed by atoms with Gasteiger partial charge in [-0.1, -0.05) is 12.1 Å². The third kappa shape index (κ3) is 2.93. The smallest absolute Gasteiger partial charge is 0.326 e. The number of benzene rings is 1. The van der Waals surface area contributed by atoms with Crippen molar-refractivity contribution in [2.24, 2.45) is 5.73 Å². The van der Waals surface area contributed by atoms with Crippen LogP contribution in [0.5, 0.6) is 5.75 Å². The molecule has 0 aliphatic carbocycles. The number of rotatable bonds is 4. The molecule has 0 amide bonds. The first-order valence-electron chi connectivity index (χ1n) is 4.81. The molecule has 1 aromatic rings. The Morgan fingerprint density at radius 3 is 2.62 bits per heavy atom. The molecule has 0 heterocycles. The number of nitrogens with two attached hydrogens (primary N) is 1. The number of halogens is 1. The van der Waals surface area contributed by atoms with Crippen molar-refractivity contribution in [3.05, 3.63) is 30.1 Å². The summed E-state index contributed by atoms with van der Waals surface area (Å²) in [5, 5.41) is 0. The average molecular weight is 227 g/mol. The molecule has 5 heteroatoms. The molecular weight excluding hydrogens is 213 g/mol. The number of carbonyl (C=O) groups excluding carboxylic acids is 1. The van der Waals surface area contributed by atoms with Crippen molar-refractivity contribution in [3.63, 3.8) is 0 Å². The maximum Gasteiger partial charge on any atom is 0.326 e. The van der Waals surface area contributed by atoms with Crippen molar-refractivity contribution in [2.45, 2.75) is 19.1 Å². The highest BCUT2D eigenvalue weighted by atomic mass is 19.1. The first-order chi connectivity index (χ1) is 7.56. The third-order valence-electron chi connectivity index (χ3n) is 2.13. The third-order valence-corrected chi connectivity index (χ3v) is 2.13. The van der Waals surface area contributed by atoms with Gasteiger partial charge in [0, 0.05) is 0 Å². The fourth-order valence-electron chi connectivity index (χ4n) is 1.14. The van der Waals surface area contributed by atoms with Crippen LogP contribution in [0.1, 0.15) is 6.92 Å². The minimum atomic E-state index is -0.940. The van der Waals surface area contributed by atoms with Crippen molar-refractivity contribution >= 4 is 5.97 Å². The molecule has 0 radical (unpaired) electrons. The molecule has 0 spiro atoms. The van der Waals surface area contributed by atoms with Crippen molar-refractivity contribution in [2.75, 3.05) is 7.11 Å². The molecule has 88 valence electrons. The van der Waals surface area contributed by atoms with E-state index in [1.165, 1.54) is 19.2 Å². The Labute approximate surface area is 93.2 Å². The van der Waals surface area contributed by atoms with E-state index in [4.69, 9.17) is 10.5 Å². The summed E-state index contributed by atoms with van der Waals surface area (Å²) in [4.78, 5) is 11.1. The molecule has 2 atom stereocenters. The van der Waals surface area contributed by atoms with Gasteiger partial charge in [-0.2, -0.15) is 0 Å². The minimum Gasteiger partial charge on any atom is -0.485 e. The topological polar surface area (TPSA) is 61.5 Å². The van der Waals surface area contributed by atoms with E-state index in [-0.39, 0.29) is 5.75 Å². The molecule has 0 unspecified atom stereocenters. The van der Waals surface area contributed by atoms with Gasteiger partial charge in [0.15, 0.2) is 11.6 Å². The van der Waals surface area contributed by atoms with Crippen LogP contribution < -0.4 is 10.5 Å². The van der Waals surface area contributed by atoms with Crippen LogP contribution in [-0.2, 0) is 9.53 Å². The van der Waals surface area contributed by atoms with Gasteiger partial charge in [0.25, 0.3) is 0 Å². The lowest BCUT2D eigenvalue weighted by molar-refractivity contribution is -0.144. The summed E-state index contributed by atoms with van der Waals surface area (Å²) in [6.45, 7) is 1.58. The molecule has 0 aliphatic rings. The average Bonchev–Trinajstić information content (AvgIpc) is 2.30. The molecule has 0 fully saturated rings. The summed E-state index contributed by atoms with van der Waals surface area (Å²) in [6.07, 6.45) is -0.663. The van der Waals surface area contributed by atoms with Crippen molar-refractivity contribution in [1.82, 2.24) is 0 Å². The summed E-state index contributed by atoms with van der Waals surface area (Å²) in [5.41, 5.74) is 5.55. The van der Waals surface area contributed by atoms with Gasteiger partial charge >= 0.3 is 5.97 Å². The molecule has 1 rings (SSSR count). The van der Waals surface area contributed by atoms with Gasteiger partial charge in [0.05, 0.1) is 7.11 Å². The molecular formula is C11H14FNO3.